The molecule has 0 bridgehead atoms. The minimum atomic E-state index is -3.50. The molecule has 0 aliphatic carbocycles. The van der Waals surface area contributed by atoms with Gasteiger partial charge >= 0.3 is 0 Å². The zero-order valence-corrected chi connectivity index (χ0v) is 18.5. The lowest BCUT2D eigenvalue weighted by atomic mass is 10.1. The number of aryl methyl sites for hydroxylation is 1. The topological polar surface area (TPSA) is 90.0 Å². The van der Waals surface area contributed by atoms with Crippen molar-refractivity contribution < 1.29 is 18.0 Å². The van der Waals surface area contributed by atoms with Gasteiger partial charge in [-0.1, -0.05) is 12.1 Å². The molecule has 30 heavy (non-hydrogen) atoms. The molecular weight excluding hydrogens is 424 g/mol. The van der Waals surface area contributed by atoms with Crippen molar-refractivity contribution in [1.29, 1.82) is 0 Å². The number of carbonyl (C=O) groups excluding carboxylic acids is 2. The lowest BCUT2D eigenvalue weighted by Gasteiger charge is -2.39. The van der Waals surface area contributed by atoms with E-state index in [1.54, 1.807) is 18.2 Å². The maximum atomic E-state index is 13.2. The van der Waals surface area contributed by atoms with Crippen LogP contribution in [0.1, 0.15) is 11.8 Å². The van der Waals surface area contributed by atoms with E-state index >= 15 is 0 Å². The maximum absolute atomic E-state index is 13.2. The van der Waals surface area contributed by atoms with E-state index < -0.39 is 16.1 Å². The third-order valence-corrected chi connectivity index (χ3v) is 8.89. The summed E-state index contributed by atoms with van der Waals surface area (Å²) in [6.45, 7) is 5.24. The van der Waals surface area contributed by atoms with E-state index in [9.17, 15) is 18.0 Å². The van der Waals surface area contributed by atoms with Crippen LogP contribution in [0.15, 0.2) is 40.6 Å². The first-order valence-electron chi connectivity index (χ1n) is 9.78. The number of sulfonamides is 1. The van der Waals surface area contributed by atoms with Crippen molar-refractivity contribution in [3.05, 3.63) is 41.3 Å². The number of rotatable bonds is 4. The number of nitrogens with zero attached hydrogens (tertiary/aromatic N) is 3. The monoisotopic (exact) mass is 448 g/mol. The number of piperazine rings is 1. The van der Waals surface area contributed by atoms with Crippen molar-refractivity contribution in [3.8, 4) is 0 Å². The van der Waals surface area contributed by atoms with Crippen LogP contribution in [0.25, 0.3) is 0 Å². The van der Waals surface area contributed by atoms with Crippen LogP contribution in [0.2, 0.25) is 0 Å². The van der Waals surface area contributed by atoms with Gasteiger partial charge < -0.3 is 5.32 Å². The molecule has 160 valence electrons. The Bertz CT molecular complexity index is 1070. The van der Waals surface area contributed by atoms with Crippen LogP contribution >= 0.6 is 11.3 Å². The average Bonchev–Trinajstić information content (AvgIpc) is 3.19. The highest BCUT2D eigenvalue weighted by molar-refractivity contribution is 7.91. The number of hydrogen-bond donors (Lipinski definition) is 1. The zero-order chi connectivity index (χ0) is 21.5. The number of benzene rings is 1. The third-order valence-electron chi connectivity index (χ3n) is 5.52. The molecule has 0 spiro atoms. The summed E-state index contributed by atoms with van der Waals surface area (Å²) in [7, 11) is -3.50. The molecule has 10 heteroatoms. The average molecular weight is 449 g/mol. The standard InChI is InChI=1S/C20H24N4O4S2/c1-14-7-8-19(29-14)30(27,28)23-11-9-22(10-12-23)15(2)20(26)24-13-18(25)21-16-5-3-4-6-17(16)24/h3-8,15H,9-13H2,1-2H3,(H,21,25)/t15-/m1/s1. The van der Waals surface area contributed by atoms with Crippen LogP contribution in [-0.2, 0) is 19.6 Å². The van der Waals surface area contributed by atoms with Gasteiger partial charge in [0.1, 0.15) is 10.8 Å². The number of thiophene rings is 1. The Morgan fingerprint density at radius 2 is 1.80 bits per heavy atom. The Balaban J connectivity index is 1.44. The van der Waals surface area contributed by atoms with Crippen LogP contribution in [0.3, 0.4) is 0 Å². The molecular formula is C20H24N4O4S2. The number of amides is 2. The van der Waals surface area contributed by atoms with Crippen molar-refractivity contribution in [3.63, 3.8) is 0 Å². The first kappa shape index (κ1) is 21.0. The molecule has 4 rings (SSSR count). The number of para-hydroxylation sites is 2. The zero-order valence-electron chi connectivity index (χ0n) is 16.9. The summed E-state index contributed by atoms with van der Waals surface area (Å²) in [5.74, 6) is -0.390. The quantitative estimate of drug-likeness (QED) is 0.770. The summed E-state index contributed by atoms with van der Waals surface area (Å²) in [6, 6.07) is 10.2. The molecule has 0 unspecified atom stereocenters. The lowest BCUT2D eigenvalue weighted by Crippen LogP contribution is -2.56. The van der Waals surface area contributed by atoms with E-state index in [0.717, 1.165) is 4.88 Å². The van der Waals surface area contributed by atoms with Crippen LogP contribution < -0.4 is 10.2 Å². The summed E-state index contributed by atoms with van der Waals surface area (Å²) in [4.78, 5) is 29.7. The van der Waals surface area contributed by atoms with Crippen LogP contribution in [0, 0.1) is 6.92 Å². The van der Waals surface area contributed by atoms with Gasteiger partial charge in [-0.25, -0.2) is 8.42 Å². The van der Waals surface area contributed by atoms with E-state index in [2.05, 4.69) is 5.32 Å². The molecule has 8 nitrogen and oxygen atoms in total. The third kappa shape index (κ3) is 3.87. The van der Waals surface area contributed by atoms with Gasteiger partial charge in [-0.05, 0) is 38.1 Å². The van der Waals surface area contributed by atoms with Crippen LogP contribution in [0.5, 0.6) is 0 Å². The molecule has 2 amide bonds. The SMILES string of the molecule is Cc1ccc(S(=O)(=O)N2CCN([C@H](C)C(=O)N3CC(=O)Nc4ccccc43)CC2)s1. The highest BCUT2D eigenvalue weighted by Crippen LogP contribution is 2.30. The van der Waals surface area contributed by atoms with E-state index in [4.69, 9.17) is 0 Å². The Hall–Kier alpha value is -2.27. The molecule has 1 fully saturated rings. The van der Waals surface area contributed by atoms with E-state index in [0.29, 0.717) is 41.8 Å². The molecule has 0 radical (unpaired) electrons. The highest BCUT2D eigenvalue weighted by Gasteiger charge is 2.36. The van der Waals surface area contributed by atoms with Gasteiger partial charge in [0.15, 0.2) is 0 Å². The second kappa shape index (κ2) is 8.10. The van der Waals surface area contributed by atoms with E-state index in [-0.39, 0.29) is 18.4 Å². The van der Waals surface area contributed by atoms with Gasteiger partial charge in [0.2, 0.25) is 11.8 Å². The largest absolute Gasteiger partial charge is 0.323 e. The fourth-order valence-electron chi connectivity index (χ4n) is 3.82. The first-order chi connectivity index (χ1) is 14.3. The summed E-state index contributed by atoms with van der Waals surface area (Å²) in [5, 5.41) is 2.78. The Kier molecular flexibility index (Phi) is 5.67. The molecule has 2 aromatic rings. The second-order valence-electron chi connectivity index (χ2n) is 7.47. The number of anilines is 2. The second-order valence-corrected chi connectivity index (χ2v) is 10.9. The number of nitrogens with one attached hydrogen (secondary N) is 1. The molecule has 3 heterocycles. The summed E-state index contributed by atoms with van der Waals surface area (Å²) >= 11 is 1.27. The Labute approximate surface area is 180 Å². The predicted octanol–water partition coefficient (Wildman–Crippen LogP) is 1.74. The molecule has 1 saturated heterocycles. The minimum absolute atomic E-state index is 0.0216. The first-order valence-corrected chi connectivity index (χ1v) is 12.0. The molecule has 0 saturated carbocycles. The molecule has 2 aliphatic rings. The van der Waals surface area contributed by atoms with Gasteiger partial charge in [0.25, 0.3) is 10.0 Å². The summed E-state index contributed by atoms with van der Waals surface area (Å²) < 4.78 is 27.5. The van der Waals surface area contributed by atoms with Gasteiger partial charge in [-0.15, -0.1) is 11.3 Å². The predicted molar refractivity (Wildman–Crippen MR) is 116 cm³/mol. The lowest BCUT2D eigenvalue weighted by molar-refractivity contribution is -0.125. The van der Waals surface area contributed by atoms with Crippen molar-refractivity contribution in [2.45, 2.75) is 24.1 Å². The summed E-state index contributed by atoms with van der Waals surface area (Å²) in [5.41, 5.74) is 1.31. The molecule has 1 aromatic heterocycles. The normalized spacial score (nSPS) is 19.3. The van der Waals surface area contributed by atoms with Crippen molar-refractivity contribution >= 4 is 44.5 Å². The fourth-order valence-corrected chi connectivity index (χ4v) is 6.68. The maximum Gasteiger partial charge on any atom is 0.252 e. The Morgan fingerprint density at radius 1 is 1.10 bits per heavy atom. The van der Waals surface area contributed by atoms with Gasteiger partial charge in [0, 0.05) is 31.1 Å². The van der Waals surface area contributed by atoms with E-state index in [1.807, 2.05) is 36.9 Å². The fraction of sp³-hybridized carbons (Fsp3) is 0.400. The number of carbonyl (C=O) groups is 2. The van der Waals surface area contributed by atoms with Gasteiger partial charge in [-0.3, -0.25) is 19.4 Å². The molecule has 2 aliphatic heterocycles. The smallest absolute Gasteiger partial charge is 0.252 e. The number of fused-ring (bicyclic) bond motifs is 1. The highest BCUT2D eigenvalue weighted by atomic mass is 32.2. The van der Waals surface area contributed by atoms with E-state index in [1.165, 1.54) is 20.5 Å². The van der Waals surface area contributed by atoms with Crippen molar-refractivity contribution in [2.24, 2.45) is 0 Å². The van der Waals surface area contributed by atoms with Crippen LogP contribution in [0.4, 0.5) is 11.4 Å². The molecule has 1 N–H and O–H groups in total. The molecule has 1 atom stereocenters. The van der Waals surface area contributed by atoms with Gasteiger partial charge in [-0.2, -0.15) is 4.31 Å². The number of hydrogen-bond acceptors (Lipinski definition) is 6. The minimum Gasteiger partial charge on any atom is -0.323 e. The summed E-state index contributed by atoms with van der Waals surface area (Å²) in [6.07, 6.45) is 0. The molecule has 1 aromatic carbocycles. The van der Waals surface area contributed by atoms with Gasteiger partial charge in [0.05, 0.1) is 17.4 Å². The Morgan fingerprint density at radius 3 is 2.47 bits per heavy atom. The van der Waals surface area contributed by atoms with Crippen molar-refractivity contribution in [1.82, 2.24) is 9.21 Å². The van der Waals surface area contributed by atoms with Crippen LogP contribution in [-0.4, -0.2) is 68.2 Å². The van der Waals surface area contributed by atoms with Crippen molar-refractivity contribution in [2.75, 3.05) is 42.9 Å².